The highest BCUT2D eigenvalue weighted by atomic mass is 32.2. The van der Waals surface area contributed by atoms with Gasteiger partial charge in [0.05, 0.1) is 4.90 Å². The number of benzene rings is 1. The molecular weight excluding hydrogens is 286 g/mol. The number of aryl methyl sites for hydroxylation is 2. The lowest BCUT2D eigenvalue weighted by molar-refractivity contribution is -0.120. The quantitative estimate of drug-likeness (QED) is 0.877. The van der Waals surface area contributed by atoms with E-state index in [0.717, 1.165) is 12.0 Å². The van der Waals surface area contributed by atoms with Crippen LogP contribution in [0.25, 0.3) is 0 Å². The van der Waals surface area contributed by atoms with Crippen molar-refractivity contribution in [2.75, 3.05) is 0 Å². The van der Waals surface area contributed by atoms with Crippen LogP contribution in [0.5, 0.6) is 0 Å². The lowest BCUT2D eigenvalue weighted by Gasteiger charge is -2.14. The molecule has 0 radical (unpaired) electrons. The number of hydrogen-bond acceptors (Lipinski definition) is 3. The first kappa shape index (κ1) is 17.7. The average Bonchev–Trinajstić information content (AvgIpc) is 2.25. The summed E-state index contributed by atoms with van der Waals surface area (Å²) in [5.74, 6) is 0.214. The Kier molecular flexibility index (Phi) is 5.96. The first-order valence-electron chi connectivity index (χ1n) is 7.24. The van der Waals surface area contributed by atoms with Gasteiger partial charge in [0.1, 0.15) is 0 Å². The van der Waals surface area contributed by atoms with E-state index in [2.05, 4.69) is 18.6 Å². The van der Waals surface area contributed by atoms with Crippen LogP contribution in [0.3, 0.4) is 0 Å². The smallest absolute Gasteiger partial charge is 0.264 e. The summed E-state index contributed by atoms with van der Waals surface area (Å²) in [7, 11) is -3.78. The van der Waals surface area contributed by atoms with Gasteiger partial charge in [0.25, 0.3) is 10.0 Å². The molecule has 1 unspecified atom stereocenters. The lowest BCUT2D eigenvalue weighted by atomic mass is 9.96. The van der Waals surface area contributed by atoms with Gasteiger partial charge >= 0.3 is 0 Å². The molecule has 0 spiro atoms. The molecular formula is C16H25NO3S. The molecule has 1 atom stereocenters. The minimum absolute atomic E-state index is 0.165. The van der Waals surface area contributed by atoms with E-state index in [1.54, 1.807) is 19.1 Å². The second kappa shape index (κ2) is 7.07. The van der Waals surface area contributed by atoms with E-state index < -0.39 is 15.9 Å². The maximum atomic E-state index is 12.2. The van der Waals surface area contributed by atoms with E-state index in [-0.39, 0.29) is 17.2 Å². The maximum absolute atomic E-state index is 12.2. The molecule has 1 aromatic carbocycles. The molecule has 0 bridgehead atoms. The number of rotatable bonds is 6. The molecule has 21 heavy (non-hydrogen) atoms. The number of sulfonamides is 1. The standard InChI is InChI=1S/C16H25NO3S/c1-11(2)8-13(4)10-16(18)17-21(19,20)15-7-6-12(3)9-14(15)5/h6-7,9,11,13H,8,10H2,1-5H3,(H,17,18). The molecule has 0 aromatic heterocycles. The summed E-state index contributed by atoms with van der Waals surface area (Å²) < 4.78 is 26.7. The third-order valence-corrected chi connectivity index (χ3v) is 4.81. The number of amides is 1. The molecule has 0 aliphatic rings. The van der Waals surface area contributed by atoms with Gasteiger partial charge in [0.2, 0.25) is 5.91 Å². The summed E-state index contributed by atoms with van der Waals surface area (Å²) in [4.78, 5) is 12.1. The van der Waals surface area contributed by atoms with Crippen LogP contribution in [0.2, 0.25) is 0 Å². The second-order valence-electron chi connectivity index (χ2n) is 6.24. The van der Waals surface area contributed by atoms with Gasteiger partial charge in [-0.25, -0.2) is 13.1 Å². The van der Waals surface area contributed by atoms with Crippen LogP contribution in [-0.2, 0) is 14.8 Å². The van der Waals surface area contributed by atoms with Gasteiger partial charge in [-0.1, -0.05) is 38.5 Å². The summed E-state index contributed by atoms with van der Waals surface area (Å²) in [6.07, 6.45) is 1.12. The second-order valence-corrected chi connectivity index (χ2v) is 7.89. The molecule has 0 saturated heterocycles. The average molecular weight is 311 g/mol. The van der Waals surface area contributed by atoms with Gasteiger partial charge in [-0.3, -0.25) is 4.79 Å². The van der Waals surface area contributed by atoms with E-state index in [9.17, 15) is 13.2 Å². The molecule has 1 amide bonds. The summed E-state index contributed by atoms with van der Waals surface area (Å²) in [5, 5.41) is 0. The van der Waals surface area contributed by atoms with Gasteiger partial charge in [0.15, 0.2) is 0 Å². The molecule has 1 aromatic rings. The Morgan fingerprint density at radius 1 is 1.19 bits per heavy atom. The van der Waals surface area contributed by atoms with E-state index in [0.29, 0.717) is 11.5 Å². The Morgan fingerprint density at radius 3 is 2.33 bits per heavy atom. The molecule has 1 rings (SSSR count). The minimum Gasteiger partial charge on any atom is -0.274 e. The predicted octanol–water partition coefficient (Wildman–Crippen LogP) is 3.18. The van der Waals surface area contributed by atoms with Crippen LogP contribution < -0.4 is 4.72 Å². The van der Waals surface area contributed by atoms with Crippen molar-refractivity contribution in [3.8, 4) is 0 Å². The Morgan fingerprint density at radius 2 is 1.81 bits per heavy atom. The number of carbonyl (C=O) groups excluding carboxylic acids is 1. The summed E-state index contributed by atoms with van der Waals surface area (Å²) in [6, 6.07) is 5.06. The van der Waals surface area contributed by atoms with Crippen LogP contribution in [-0.4, -0.2) is 14.3 Å². The molecule has 0 saturated carbocycles. The van der Waals surface area contributed by atoms with Crippen LogP contribution in [0, 0.1) is 25.7 Å². The largest absolute Gasteiger partial charge is 0.274 e. The Bertz CT molecular complexity index is 606. The highest BCUT2D eigenvalue weighted by Gasteiger charge is 2.21. The van der Waals surface area contributed by atoms with E-state index in [4.69, 9.17) is 0 Å². The number of hydrogen-bond donors (Lipinski definition) is 1. The van der Waals surface area contributed by atoms with Crippen LogP contribution >= 0.6 is 0 Å². The fourth-order valence-electron chi connectivity index (χ4n) is 2.55. The minimum atomic E-state index is -3.78. The van der Waals surface area contributed by atoms with Crippen LogP contribution in [0.15, 0.2) is 23.1 Å². The lowest BCUT2D eigenvalue weighted by Crippen LogP contribution is -2.32. The van der Waals surface area contributed by atoms with E-state index in [1.807, 2.05) is 13.8 Å². The maximum Gasteiger partial charge on any atom is 0.264 e. The molecule has 1 N–H and O–H groups in total. The zero-order chi connectivity index (χ0) is 16.2. The van der Waals surface area contributed by atoms with Crippen LogP contribution in [0.1, 0.15) is 44.7 Å². The normalized spacial score (nSPS) is 13.2. The Labute approximate surface area is 128 Å². The fraction of sp³-hybridized carbons (Fsp3) is 0.562. The summed E-state index contributed by atoms with van der Waals surface area (Å²) in [6.45, 7) is 9.76. The van der Waals surface area contributed by atoms with Crippen molar-refractivity contribution in [1.29, 1.82) is 0 Å². The topological polar surface area (TPSA) is 63.2 Å². The molecule has 4 nitrogen and oxygen atoms in total. The molecule has 0 heterocycles. The number of carbonyl (C=O) groups is 1. The van der Waals surface area contributed by atoms with Crippen molar-refractivity contribution >= 4 is 15.9 Å². The van der Waals surface area contributed by atoms with E-state index in [1.165, 1.54) is 6.07 Å². The van der Waals surface area contributed by atoms with Gasteiger partial charge in [-0.15, -0.1) is 0 Å². The van der Waals surface area contributed by atoms with Crippen molar-refractivity contribution in [3.63, 3.8) is 0 Å². The molecule has 0 aliphatic heterocycles. The molecule has 118 valence electrons. The van der Waals surface area contributed by atoms with Gasteiger partial charge in [-0.05, 0) is 43.7 Å². The van der Waals surface area contributed by atoms with Crippen molar-refractivity contribution in [2.45, 2.75) is 52.4 Å². The Balaban J connectivity index is 2.78. The number of nitrogens with one attached hydrogen (secondary N) is 1. The van der Waals surface area contributed by atoms with Crippen LogP contribution in [0.4, 0.5) is 0 Å². The fourth-order valence-corrected chi connectivity index (χ4v) is 3.77. The Hall–Kier alpha value is -1.36. The first-order chi connectivity index (χ1) is 9.61. The molecule has 5 heteroatoms. The monoisotopic (exact) mass is 311 g/mol. The predicted molar refractivity (Wildman–Crippen MR) is 84.5 cm³/mol. The van der Waals surface area contributed by atoms with E-state index >= 15 is 0 Å². The van der Waals surface area contributed by atoms with Gasteiger partial charge in [0, 0.05) is 6.42 Å². The third-order valence-electron chi connectivity index (χ3n) is 3.28. The van der Waals surface area contributed by atoms with Crippen molar-refractivity contribution in [1.82, 2.24) is 4.72 Å². The van der Waals surface area contributed by atoms with Gasteiger partial charge < -0.3 is 0 Å². The summed E-state index contributed by atoms with van der Waals surface area (Å²) >= 11 is 0. The zero-order valence-corrected chi connectivity index (χ0v) is 14.3. The zero-order valence-electron chi connectivity index (χ0n) is 13.4. The highest BCUT2D eigenvalue weighted by Crippen LogP contribution is 2.18. The van der Waals surface area contributed by atoms with Crippen molar-refractivity contribution in [3.05, 3.63) is 29.3 Å². The summed E-state index contributed by atoms with van der Waals surface area (Å²) in [5.41, 5.74) is 1.63. The SMILES string of the molecule is Cc1ccc(S(=O)(=O)NC(=O)CC(C)CC(C)C)c(C)c1. The first-order valence-corrected chi connectivity index (χ1v) is 8.73. The highest BCUT2D eigenvalue weighted by molar-refractivity contribution is 7.90. The third kappa shape index (κ3) is 5.50. The molecule has 0 aliphatic carbocycles. The molecule has 0 fully saturated rings. The van der Waals surface area contributed by atoms with Crippen molar-refractivity contribution in [2.24, 2.45) is 11.8 Å². The van der Waals surface area contributed by atoms with Gasteiger partial charge in [-0.2, -0.15) is 0 Å². The van der Waals surface area contributed by atoms with Crippen molar-refractivity contribution < 1.29 is 13.2 Å².